The molecule has 0 aliphatic rings. The molecule has 0 aliphatic heterocycles. The lowest BCUT2D eigenvalue weighted by Crippen LogP contribution is -2.37. The summed E-state index contributed by atoms with van der Waals surface area (Å²) in [6.07, 6.45) is 0.795. The van der Waals surface area contributed by atoms with Crippen molar-refractivity contribution in [1.29, 1.82) is 0 Å². The van der Waals surface area contributed by atoms with Crippen LogP contribution >= 0.6 is 11.6 Å². The van der Waals surface area contributed by atoms with E-state index in [0.29, 0.717) is 26.2 Å². The smallest absolute Gasteiger partial charge is 0.234 e. The zero-order chi connectivity index (χ0) is 18.1. The Morgan fingerprint density at radius 3 is 2.48 bits per heavy atom. The van der Waals surface area contributed by atoms with Gasteiger partial charge in [-0.1, -0.05) is 41.4 Å². The van der Waals surface area contributed by atoms with Crippen LogP contribution in [0.2, 0.25) is 5.02 Å². The third-order valence-electron chi connectivity index (χ3n) is 3.83. The van der Waals surface area contributed by atoms with Crippen molar-refractivity contribution in [1.82, 2.24) is 10.2 Å². The summed E-state index contributed by atoms with van der Waals surface area (Å²) in [6.45, 7) is 4.27. The number of rotatable bonds is 9. The van der Waals surface area contributed by atoms with Gasteiger partial charge in [0.1, 0.15) is 12.4 Å². The second-order valence-electron chi connectivity index (χ2n) is 6.13. The Morgan fingerprint density at radius 2 is 1.80 bits per heavy atom. The summed E-state index contributed by atoms with van der Waals surface area (Å²) in [7, 11) is 1.91. The molecule has 0 spiro atoms. The summed E-state index contributed by atoms with van der Waals surface area (Å²) in [5, 5.41) is 3.66. The zero-order valence-corrected chi connectivity index (χ0v) is 15.6. The van der Waals surface area contributed by atoms with Gasteiger partial charge >= 0.3 is 0 Å². The second-order valence-corrected chi connectivity index (χ2v) is 6.56. The van der Waals surface area contributed by atoms with E-state index >= 15 is 0 Å². The third kappa shape index (κ3) is 7.59. The number of hydrogen-bond acceptors (Lipinski definition) is 3. The van der Waals surface area contributed by atoms with Crippen molar-refractivity contribution < 1.29 is 9.53 Å². The number of likely N-dealkylation sites (N-methyl/N-ethyl adjacent to an activating group) is 1. The van der Waals surface area contributed by atoms with Crippen molar-refractivity contribution in [3.8, 4) is 5.75 Å². The molecule has 5 heteroatoms. The van der Waals surface area contributed by atoms with Gasteiger partial charge in [-0.3, -0.25) is 9.69 Å². The zero-order valence-electron chi connectivity index (χ0n) is 14.8. The number of nitrogens with zero attached hydrogens (tertiary/aromatic N) is 1. The SMILES string of the molecule is Cc1ccc(OCCN(C)CC(=O)NCCc2ccc(Cl)cc2)cc1. The number of benzene rings is 2. The summed E-state index contributed by atoms with van der Waals surface area (Å²) in [6, 6.07) is 15.6. The maximum absolute atomic E-state index is 12.0. The summed E-state index contributed by atoms with van der Waals surface area (Å²) in [4.78, 5) is 13.9. The molecule has 0 bridgehead atoms. The van der Waals surface area contributed by atoms with Gasteiger partial charge in [-0.05, 0) is 50.2 Å². The molecule has 2 aromatic rings. The summed E-state index contributed by atoms with van der Waals surface area (Å²) < 4.78 is 5.68. The maximum atomic E-state index is 12.0. The molecular formula is C20H25ClN2O2. The normalized spacial score (nSPS) is 10.7. The average molecular weight is 361 g/mol. The molecule has 134 valence electrons. The molecule has 4 nitrogen and oxygen atoms in total. The van der Waals surface area contributed by atoms with E-state index in [2.05, 4.69) is 5.32 Å². The monoisotopic (exact) mass is 360 g/mol. The Kier molecular flexibility index (Phi) is 7.76. The van der Waals surface area contributed by atoms with Crippen LogP contribution in [0, 0.1) is 6.92 Å². The van der Waals surface area contributed by atoms with Crippen molar-refractivity contribution in [2.75, 3.05) is 33.3 Å². The lowest BCUT2D eigenvalue weighted by Gasteiger charge is -2.16. The van der Waals surface area contributed by atoms with E-state index in [9.17, 15) is 4.79 Å². The van der Waals surface area contributed by atoms with E-state index < -0.39 is 0 Å². The first-order valence-electron chi connectivity index (χ1n) is 8.42. The first-order valence-corrected chi connectivity index (χ1v) is 8.80. The highest BCUT2D eigenvalue weighted by molar-refractivity contribution is 6.30. The van der Waals surface area contributed by atoms with E-state index in [1.54, 1.807) is 0 Å². The highest BCUT2D eigenvalue weighted by Gasteiger charge is 2.06. The second kappa shape index (κ2) is 10.1. The van der Waals surface area contributed by atoms with Crippen LogP contribution in [0.5, 0.6) is 5.75 Å². The predicted molar refractivity (Wildman–Crippen MR) is 102 cm³/mol. The fourth-order valence-electron chi connectivity index (χ4n) is 2.33. The molecule has 25 heavy (non-hydrogen) atoms. The van der Waals surface area contributed by atoms with Crippen LogP contribution < -0.4 is 10.1 Å². The van der Waals surface area contributed by atoms with Gasteiger partial charge in [0.25, 0.3) is 0 Å². The number of halogens is 1. The van der Waals surface area contributed by atoms with Crippen LogP contribution in [0.1, 0.15) is 11.1 Å². The molecule has 0 aromatic heterocycles. The van der Waals surface area contributed by atoms with Gasteiger partial charge in [-0.2, -0.15) is 0 Å². The summed E-state index contributed by atoms with van der Waals surface area (Å²) >= 11 is 5.86. The first-order chi connectivity index (χ1) is 12.0. The predicted octanol–water partition coefficient (Wildman–Crippen LogP) is 3.32. The van der Waals surface area contributed by atoms with Gasteiger partial charge < -0.3 is 10.1 Å². The number of carbonyl (C=O) groups is 1. The van der Waals surface area contributed by atoms with Crippen LogP contribution in [0.4, 0.5) is 0 Å². The quantitative estimate of drug-likeness (QED) is 0.745. The topological polar surface area (TPSA) is 41.6 Å². The number of aryl methyl sites for hydroxylation is 1. The first kappa shape index (κ1) is 19.3. The lowest BCUT2D eigenvalue weighted by molar-refractivity contribution is -0.121. The molecular weight excluding hydrogens is 336 g/mol. The van der Waals surface area contributed by atoms with Crippen molar-refractivity contribution >= 4 is 17.5 Å². The summed E-state index contributed by atoms with van der Waals surface area (Å²) in [5.41, 5.74) is 2.37. The molecule has 0 aliphatic carbocycles. The molecule has 0 fully saturated rings. The summed E-state index contributed by atoms with van der Waals surface area (Å²) in [5.74, 6) is 0.873. The Labute approximate surface area is 154 Å². The number of ether oxygens (including phenoxy) is 1. The van der Waals surface area contributed by atoms with Gasteiger partial charge in [0.05, 0.1) is 6.54 Å². The van der Waals surface area contributed by atoms with E-state index in [0.717, 1.165) is 22.8 Å². The molecule has 0 radical (unpaired) electrons. The Balaban J connectivity index is 1.59. The maximum Gasteiger partial charge on any atom is 0.234 e. The number of nitrogens with one attached hydrogen (secondary N) is 1. The number of hydrogen-bond donors (Lipinski definition) is 1. The van der Waals surface area contributed by atoms with E-state index in [1.165, 1.54) is 5.56 Å². The highest BCUT2D eigenvalue weighted by atomic mass is 35.5. The molecule has 0 saturated heterocycles. The van der Waals surface area contributed by atoms with E-state index in [4.69, 9.17) is 16.3 Å². The molecule has 1 amide bonds. The fraction of sp³-hybridized carbons (Fsp3) is 0.350. The molecule has 0 unspecified atom stereocenters. The molecule has 2 rings (SSSR count). The standard InChI is InChI=1S/C20H25ClN2O2/c1-16-3-9-19(10-4-16)25-14-13-23(2)15-20(24)22-12-11-17-5-7-18(21)8-6-17/h3-10H,11-15H2,1-2H3,(H,22,24). The van der Waals surface area contributed by atoms with Gasteiger partial charge in [0, 0.05) is 18.1 Å². The van der Waals surface area contributed by atoms with Crippen LogP contribution in [0.25, 0.3) is 0 Å². The number of carbonyl (C=O) groups excluding carboxylic acids is 1. The van der Waals surface area contributed by atoms with E-state index in [-0.39, 0.29) is 5.91 Å². The van der Waals surface area contributed by atoms with Crippen LogP contribution in [0.15, 0.2) is 48.5 Å². The minimum absolute atomic E-state index is 0.0202. The Hall–Kier alpha value is -2.04. The molecule has 0 atom stereocenters. The van der Waals surface area contributed by atoms with Crippen molar-refractivity contribution in [3.05, 3.63) is 64.7 Å². The fourth-order valence-corrected chi connectivity index (χ4v) is 2.46. The van der Waals surface area contributed by atoms with E-state index in [1.807, 2.05) is 67.4 Å². The number of amides is 1. The molecule has 0 heterocycles. The lowest BCUT2D eigenvalue weighted by atomic mass is 10.1. The van der Waals surface area contributed by atoms with Gasteiger partial charge in [-0.15, -0.1) is 0 Å². The van der Waals surface area contributed by atoms with Crippen molar-refractivity contribution in [2.45, 2.75) is 13.3 Å². The third-order valence-corrected chi connectivity index (χ3v) is 4.08. The minimum Gasteiger partial charge on any atom is -0.492 e. The van der Waals surface area contributed by atoms with Crippen LogP contribution in [0.3, 0.4) is 0 Å². The molecule has 2 aromatic carbocycles. The van der Waals surface area contributed by atoms with Gasteiger partial charge in [-0.25, -0.2) is 0 Å². The Morgan fingerprint density at radius 1 is 1.12 bits per heavy atom. The largest absolute Gasteiger partial charge is 0.492 e. The van der Waals surface area contributed by atoms with Gasteiger partial charge in [0.2, 0.25) is 5.91 Å². The Bertz CT molecular complexity index is 656. The average Bonchev–Trinajstić information content (AvgIpc) is 2.58. The van der Waals surface area contributed by atoms with Crippen LogP contribution in [-0.4, -0.2) is 44.1 Å². The van der Waals surface area contributed by atoms with Crippen LogP contribution in [-0.2, 0) is 11.2 Å². The molecule has 1 N–H and O–H groups in total. The molecule has 0 saturated carbocycles. The van der Waals surface area contributed by atoms with Crippen molar-refractivity contribution in [3.63, 3.8) is 0 Å². The highest BCUT2D eigenvalue weighted by Crippen LogP contribution is 2.11. The van der Waals surface area contributed by atoms with Crippen molar-refractivity contribution in [2.24, 2.45) is 0 Å². The van der Waals surface area contributed by atoms with Gasteiger partial charge in [0.15, 0.2) is 0 Å². The minimum atomic E-state index is 0.0202.